The van der Waals surface area contributed by atoms with Crippen molar-refractivity contribution in [1.82, 2.24) is 4.90 Å². The number of amides is 1. The third kappa shape index (κ3) is 2.18. The van der Waals surface area contributed by atoms with Gasteiger partial charge in [-0.05, 0) is 50.4 Å². The van der Waals surface area contributed by atoms with E-state index in [4.69, 9.17) is 5.73 Å². The molecule has 0 heterocycles. The van der Waals surface area contributed by atoms with Gasteiger partial charge in [0.15, 0.2) is 0 Å². The smallest absolute Gasteiger partial charge is 0.226 e. The van der Waals surface area contributed by atoms with E-state index in [1.54, 1.807) is 0 Å². The lowest BCUT2D eigenvalue weighted by molar-refractivity contribution is -0.134. The highest BCUT2D eigenvalue weighted by molar-refractivity contribution is 5.82. The van der Waals surface area contributed by atoms with Crippen molar-refractivity contribution in [1.29, 1.82) is 0 Å². The summed E-state index contributed by atoms with van der Waals surface area (Å²) < 4.78 is 0. The zero-order valence-electron chi connectivity index (χ0n) is 11.5. The van der Waals surface area contributed by atoms with E-state index in [9.17, 15) is 4.79 Å². The maximum atomic E-state index is 12.5. The van der Waals surface area contributed by atoms with Gasteiger partial charge in [0.05, 0.1) is 0 Å². The van der Waals surface area contributed by atoms with E-state index in [1.165, 1.54) is 25.7 Å². The molecule has 0 aliphatic heterocycles. The molecule has 1 amide bonds. The second kappa shape index (κ2) is 4.84. The van der Waals surface area contributed by atoms with E-state index in [2.05, 4.69) is 4.90 Å². The van der Waals surface area contributed by atoms with Gasteiger partial charge in [0.2, 0.25) is 5.91 Å². The zero-order valence-corrected chi connectivity index (χ0v) is 11.5. The van der Waals surface area contributed by atoms with Crippen LogP contribution in [0.25, 0.3) is 0 Å². The van der Waals surface area contributed by atoms with Gasteiger partial charge in [0.25, 0.3) is 0 Å². The number of hydrogen-bond acceptors (Lipinski definition) is 2. The molecule has 102 valence electrons. The molecule has 3 fully saturated rings. The van der Waals surface area contributed by atoms with Crippen LogP contribution in [0.4, 0.5) is 0 Å². The molecule has 0 radical (unpaired) electrons. The predicted octanol–water partition coefficient (Wildman–Crippen LogP) is 2.15. The van der Waals surface area contributed by atoms with Gasteiger partial charge < -0.3 is 10.6 Å². The monoisotopic (exact) mass is 250 g/mol. The summed E-state index contributed by atoms with van der Waals surface area (Å²) >= 11 is 0. The van der Waals surface area contributed by atoms with Crippen LogP contribution in [-0.2, 0) is 4.79 Å². The van der Waals surface area contributed by atoms with Gasteiger partial charge in [-0.2, -0.15) is 0 Å². The number of rotatable bonds is 2. The van der Waals surface area contributed by atoms with Crippen molar-refractivity contribution in [2.24, 2.45) is 23.5 Å². The average molecular weight is 250 g/mol. The second-order valence-corrected chi connectivity index (χ2v) is 6.66. The number of carbonyl (C=O) groups excluding carboxylic acids is 1. The van der Waals surface area contributed by atoms with Crippen LogP contribution in [0.15, 0.2) is 0 Å². The van der Waals surface area contributed by atoms with E-state index in [1.807, 2.05) is 7.05 Å². The number of fused-ring (bicyclic) bond motifs is 1. The van der Waals surface area contributed by atoms with Crippen molar-refractivity contribution < 1.29 is 4.79 Å². The van der Waals surface area contributed by atoms with Gasteiger partial charge in [0, 0.05) is 25.0 Å². The van der Waals surface area contributed by atoms with E-state index in [0.717, 1.165) is 37.5 Å². The first-order valence-electron chi connectivity index (χ1n) is 7.70. The second-order valence-electron chi connectivity index (χ2n) is 6.66. The molecule has 0 saturated heterocycles. The topological polar surface area (TPSA) is 46.3 Å². The van der Waals surface area contributed by atoms with Gasteiger partial charge >= 0.3 is 0 Å². The lowest BCUT2D eigenvalue weighted by atomic mass is 9.91. The molecule has 18 heavy (non-hydrogen) atoms. The molecule has 3 heteroatoms. The van der Waals surface area contributed by atoms with E-state index in [0.29, 0.717) is 23.9 Å². The summed E-state index contributed by atoms with van der Waals surface area (Å²) in [5.41, 5.74) is 5.94. The van der Waals surface area contributed by atoms with Gasteiger partial charge in [-0.3, -0.25) is 4.79 Å². The van der Waals surface area contributed by atoms with Crippen molar-refractivity contribution in [2.45, 2.75) is 63.5 Å². The average Bonchev–Trinajstić information content (AvgIpc) is 3.12. The van der Waals surface area contributed by atoms with Crippen LogP contribution in [0.2, 0.25) is 0 Å². The number of carbonyl (C=O) groups is 1. The fraction of sp³-hybridized carbons (Fsp3) is 0.933. The summed E-state index contributed by atoms with van der Waals surface area (Å²) in [6, 6.07) is 0.827. The fourth-order valence-electron chi connectivity index (χ4n) is 4.26. The van der Waals surface area contributed by atoms with E-state index < -0.39 is 0 Å². The Hall–Kier alpha value is -0.570. The number of hydrogen-bond donors (Lipinski definition) is 1. The predicted molar refractivity (Wildman–Crippen MR) is 71.9 cm³/mol. The Bertz CT molecular complexity index is 310. The third-order valence-corrected chi connectivity index (χ3v) is 5.58. The van der Waals surface area contributed by atoms with Crippen LogP contribution in [0, 0.1) is 17.8 Å². The SMILES string of the molecule is CN(C(=O)C1C2CCCCC21)C1CCC(N)CC1. The molecule has 3 rings (SSSR count). The molecule has 3 aliphatic carbocycles. The minimum Gasteiger partial charge on any atom is -0.343 e. The van der Waals surface area contributed by atoms with Gasteiger partial charge in [-0.1, -0.05) is 12.8 Å². The van der Waals surface area contributed by atoms with Crippen LogP contribution in [0.1, 0.15) is 51.4 Å². The molecule has 2 unspecified atom stereocenters. The number of nitrogens with two attached hydrogens (primary N) is 1. The highest BCUT2D eigenvalue weighted by atomic mass is 16.2. The van der Waals surface area contributed by atoms with Gasteiger partial charge in [0.1, 0.15) is 0 Å². The summed E-state index contributed by atoms with van der Waals surface area (Å²) in [5.74, 6) is 2.29. The Labute approximate surface area is 110 Å². The van der Waals surface area contributed by atoms with Crippen LogP contribution < -0.4 is 5.73 Å². The van der Waals surface area contributed by atoms with Gasteiger partial charge in [-0.25, -0.2) is 0 Å². The molecule has 0 aromatic carbocycles. The Kier molecular flexibility index (Phi) is 3.35. The maximum absolute atomic E-state index is 12.5. The maximum Gasteiger partial charge on any atom is 0.226 e. The van der Waals surface area contributed by atoms with Crippen molar-refractivity contribution in [3.05, 3.63) is 0 Å². The molecule has 2 atom stereocenters. The summed E-state index contributed by atoms with van der Waals surface area (Å²) in [6.45, 7) is 0. The van der Waals surface area contributed by atoms with E-state index in [-0.39, 0.29) is 0 Å². The molecular weight excluding hydrogens is 224 g/mol. The molecule has 2 N–H and O–H groups in total. The Morgan fingerprint density at radius 1 is 1.00 bits per heavy atom. The quantitative estimate of drug-likeness (QED) is 0.816. The highest BCUT2D eigenvalue weighted by Crippen LogP contribution is 2.56. The summed E-state index contributed by atoms with van der Waals surface area (Å²) in [6.07, 6.45) is 9.64. The summed E-state index contributed by atoms with van der Waals surface area (Å²) in [4.78, 5) is 14.6. The molecule has 0 bridgehead atoms. The van der Waals surface area contributed by atoms with Crippen molar-refractivity contribution in [3.8, 4) is 0 Å². The Morgan fingerprint density at radius 2 is 1.56 bits per heavy atom. The first-order chi connectivity index (χ1) is 8.68. The van der Waals surface area contributed by atoms with Crippen molar-refractivity contribution in [3.63, 3.8) is 0 Å². The van der Waals surface area contributed by atoms with Crippen LogP contribution in [-0.4, -0.2) is 29.9 Å². The summed E-state index contributed by atoms with van der Waals surface area (Å²) in [7, 11) is 2.02. The molecule has 0 aromatic heterocycles. The zero-order chi connectivity index (χ0) is 12.7. The Balaban J connectivity index is 1.56. The van der Waals surface area contributed by atoms with Crippen LogP contribution in [0.3, 0.4) is 0 Å². The van der Waals surface area contributed by atoms with E-state index >= 15 is 0 Å². The number of nitrogens with zero attached hydrogens (tertiary/aromatic N) is 1. The van der Waals surface area contributed by atoms with Crippen LogP contribution in [0.5, 0.6) is 0 Å². The summed E-state index contributed by atoms with van der Waals surface area (Å²) in [5, 5.41) is 0. The molecule has 3 saturated carbocycles. The van der Waals surface area contributed by atoms with Crippen LogP contribution >= 0.6 is 0 Å². The first kappa shape index (κ1) is 12.5. The normalized spacial score (nSPS) is 43.1. The first-order valence-corrected chi connectivity index (χ1v) is 7.70. The lowest BCUT2D eigenvalue weighted by Gasteiger charge is -2.33. The van der Waals surface area contributed by atoms with Crippen molar-refractivity contribution in [2.75, 3.05) is 7.05 Å². The lowest BCUT2D eigenvalue weighted by Crippen LogP contribution is -2.42. The molecular formula is C15H26N2O. The van der Waals surface area contributed by atoms with Gasteiger partial charge in [-0.15, -0.1) is 0 Å². The highest BCUT2D eigenvalue weighted by Gasteiger charge is 2.55. The molecule has 3 nitrogen and oxygen atoms in total. The third-order valence-electron chi connectivity index (χ3n) is 5.58. The van der Waals surface area contributed by atoms with Crippen molar-refractivity contribution >= 4 is 5.91 Å². The minimum absolute atomic E-state index is 0.369. The molecule has 0 aromatic rings. The molecule has 0 spiro atoms. The Morgan fingerprint density at radius 3 is 2.11 bits per heavy atom. The standard InChI is InChI=1S/C15H26N2O/c1-17(11-8-6-10(16)7-9-11)15(18)14-12-4-2-3-5-13(12)14/h10-14H,2-9,16H2,1H3. The molecule has 3 aliphatic rings. The fourth-order valence-corrected chi connectivity index (χ4v) is 4.26. The minimum atomic E-state index is 0.369. The largest absolute Gasteiger partial charge is 0.343 e.